The summed E-state index contributed by atoms with van der Waals surface area (Å²) in [6, 6.07) is 0. The normalized spacial score (nSPS) is 20.5. The second kappa shape index (κ2) is 4.54. The third kappa shape index (κ3) is 2.54. The van der Waals surface area contributed by atoms with E-state index >= 15 is 0 Å². The van der Waals surface area contributed by atoms with Gasteiger partial charge in [0.2, 0.25) is 5.91 Å². The fourth-order valence-electron chi connectivity index (χ4n) is 1.24. The summed E-state index contributed by atoms with van der Waals surface area (Å²) >= 11 is 0. The minimum atomic E-state index is -1.11. The first kappa shape index (κ1) is 11.2. The van der Waals surface area contributed by atoms with Crippen molar-refractivity contribution < 1.29 is 18.9 Å². The summed E-state index contributed by atoms with van der Waals surface area (Å²) in [5.74, 6) is -1.58. The van der Waals surface area contributed by atoms with E-state index in [0.29, 0.717) is 24.6 Å². The molecule has 1 N–H and O–H groups in total. The molecule has 1 atom stereocenters. The summed E-state index contributed by atoms with van der Waals surface area (Å²) in [6.07, 6.45) is 0. The van der Waals surface area contributed by atoms with Crippen LogP contribution in [0.1, 0.15) is 6.92 Å². The van der Waals surface area contributed by atoms with Crippen LogP contribution in [-0.2, 0) is 20.4 Å². The van der Waals surface area contributed by atoms with Gasteiger partial charge in [0, 0.05) is 35.4 Å². The van der Waals surface area contributed by atoms with Crippen LogP contribution in [0.2, 0.25) is 0 Å². The predicted octanol–water partition coefficient (Wildman–Crippen LogP) is -0.702. The molecule has 1 saturated heterocycles. The molecular formula is C8H13NO4S. The standard InChI is InChI=1S/C8H13NO4S/c1-6(8(11)12)7(10)9-2-4-14(13)5-3-9/h6H,2-5H2,1H3,(H,11,12). The van der Waals surface area contributed by atoms with Gasteiger partial charge in [-0.3, -0.25) is 13.8 Å². The molecule has 1 aliphatic heterocycles. The Morgan fingerprint density at radius 3 is 2.29 bits per heavy atom. The van der Waals surface area contributed by atoms with Crippen LogP contribution < -0.4 is 0 Å². The minimum Gasteiger partial charge on any atom is -0.481 e. The molecule has 1 rings (SSSR count). The molecule has 6 heteroatoms. The Morgan fingerprint density at radius 2 is 1.86 bits per heavy atom. The lowest BCUT2D eigenvalue weighted by atomic mass is 10.1. The van der Waals surface area contributed by atoms with Gasteiger partial charge >= 0.3 is 5.97 Å². The topological polar surface area (TPSA) is 74.7 Å². The van der Waals surface area contributed by atoms with Crippen molar-refractivity contribution in [3.63, 3.8) is 0 Å². The van der Waals surface area contributed by atoms with Crippen LogP contribution in [0.25, 0.3) is 0 Å². The summed E-state index contributed by atoms with van der Waals surface area (Å²) in [7, 11) is -0.843. The Morgan fingerprint density at radius 1 is 1.36 bits per heavy atom. The van der Waals surface area contributed by atoms with Crippen LogP contribution >= 0.6 is 0 Å². The molecule has 1 fully saturated rings. The Bertz CT molecular complexity index is 269. The number of rotatable bonds is 2. The molecule has 0 bridgehead atoms. The number of carboxylic acid groups (broad SMARTS) is 1. The average molecular weight is 219 g/mol. The van der Waals surface area contributed by atoms with Gasteiger partial charge < -0.3 is 10.0 Å². The summed E-state index contributed by atoms with van der Waals surface area (Å²) < 4.78 is 11.0. The quantitative estimate of drug-likeness (QED) is 0.623. The molecule has 14 heavy (non-hydrogen) atoms. The minimum absolute atomic E-state index is 0.380. The largest absolute Gasteiger partial charge is 0.481 e. The first-order chi connectivity index (χ1) is 6.52. The van der Waals surface area contributed by atoms with Crippen molar-refractivity contribution in [2.75, 3.05) is 24.6 Å². The number of aliphatic carboxylic acids is 1. The monoisotopic (exact) mass is 219 g/mol. The fraction of sp³-hybridized carbons (Fsp3) is 0.750. The molecule has 0 aromatic carbocycles. The van der Waals surface area contributed by atoms with Gasteiger partial charge in [-0.05, 0) is 6.92 Å². The lowest BCUT2D eigenvalue weighted by Crippen LogP contribution is -2.45. The zero-order chi connectivity index (χ0) is 10.7. The van der Waals surface area contributed by atoms with Gasteiger partial charge in [-0.2, -0.15) is 0 Å². The van der Waals surface area contributed by atoms with Gasteiger partial charge in [-0.1, -0.05) is 0 Å². The zero-order valence-electron chi connectivity index (χ0n) is 7.93. The van der Waals surface area contributed by atoms with Gasteiger partial charge in [-0.25, -0.2) is 0 Å². The maximum Gasteiger partial charge on any atom is 0.315 e. The molecule has 0 aromatic rings. The number of nitrogens with zero attached hydrogens (tertiary/aromatic N) is 1. The van der Waals surface area contributed by atoms with Crippen molar-refractivity contribution in [3.05, 3.63) is 0 Å². The second-order valence-corrected chi connectivity index (χ2v) is 4.93. The molecule has 5 nitrogen and oxygen atoms in total. The van der Waals surface area contributed by atoms with E-state index in [1.54, 1.807) is 0 Å². The molecule has 0 saturated carbocycles. The highest BCUT2D eigenvalue weighted by Gasteiger charge is 2.28. The third-order valence-electron chi connectivity index (χ3n) is 2.23. The summed E-state index contributed by atoms with van der Waals surface area (Å²) in [5.41, 5.74) is 0. The van der Waals surface area contributed by atoms with Crippen LogP contribution in [0.4, 0.5) is 0 Å². The first-order valence-corrected chi connectivity index (χ1v) is 5.87. The zero-order valence-corrected chi connectivity index (χ0v) is 8.75. The first-order valence-electron chi connectivity index (χ1n) is 4.39. The van der Waals surface area contributed by atoms with E-state index < -0.39 is 22.7 Å². The van der Waals surface area contributed by atoms with E-state index in [1.165, 1.54) is 11.8 Å². The molecule has 1 aliphatic rings. The van der Waals surface area contributed by atoms with Gasteiger partial charge in [0.15, 0.2) is 0 Å². The van der Waals surface area contributed by atoms with E-state index in [1.807, 2.05) is 0 Å². The summed E-state index contributed by atoms with van der Waals surface area (Å²) in [6.45, 7) is 2.18. The number of hydrogen-bond acceptors (Lipinski definition) is 3. The van der Waals surface area contributed by atoms with E-state index in [4.69, 9.17) is 5.11 Å². The Hall–Kier alpha value is -0.910. The molecule has 1 heterocycles. The molecule has 0 radical (unpaired) electrons. The Balaban J connectivity index is 2.53. The average Bonchev–Trinajstić information content (AvgIpc) is 2.16. The number of amides is 1. The van der Waals surface area contributed by atoms with Crippen molar-refractivity contribution in [2.45, 2.75) is 6.92 Å². The van der Waals surface area contributed by atoms with Crippen LogP contribution in [-0.4, -0.2) is 50.7 Å². The predicted molar refractivity (Wildman–Crippen MR) is 51.3 cm³/mol. The maximum absolute atomic E-state index is 11.5. The second-order valence-electron chi connectivity index (χ2n) is 3.23. The Labute approximate surface area is 84.5 Å². The van der Waals surface area contributed by atoms with Gasteiger partial charge in [0.1, 0.15) is 5.92 Å². The van der Waals surface area contributed by atoms with Crippen LogP contribution in [0.3, 0.4) is 0 Å². The summed E-state index contributed by atoms with van der Waals surface area (Å²) in [4.78, 5) is 23.5. The number of carbonyl (C=O) groups excluding carboxylic acids is 1. The highest BCUT2D eigenvalue weighted by Crippen LogP contribution is 2.06. The van der Waals surface area contributed by atoms with Crippen molar-refractivity contribution in [2.24, 2.45) is 5.92 Å². The van der Waals surface area contributed by atoms with Crippen LogP contribution in [0.15, 0.2) is 0 Å². The smallest absolute Gasteiger partial charge is 0.315 e. The van der Waals surface area contributed by atoms with Gasteiger partial charge in [-0.15, -0.1) is 0 Å². The number of carbonyl (C=O) groups is 2. The molecule has 80 valence electrons. The lowest BCUT2D eigenvalue weighted by molar-refractivity contribution is -0.150. The highest BCUT2D eigenvalue weighted by molar-refractivity contribution is 7.85. The SMILES string of the molecule is CC(C(=O)O)C(=O)N1CCS(=O)CC1. The molecule has 0 aliphatic carbocycles. The van der Waals surface area contributed by atoms with E-state index in [0.717, 1.165) is 0 Å². The number of hydrogen-bond donors (Lipinski definition) is 1. The summed E-state index contributed by atoms with van der Waals surface area (Å²) in [5, 5.41) is 8.63. The van der Waals surface area contributed by atoms with Gasteiger partial charge in [0.25, 0.3) is 0 Å². The Kier molecular flexibility index (Phi) is 3.62. The molecule has 0 aromatic heterocycles. The van der Waals surface area contributed by atoms with Crippen LogP contribution in [0, 0.1) is 5.92 Å². The van der Waals surface area contributed by atoms with E-state index in [9.17, 15) is 13.8 Å². The third-order valence-corrected chi connectivity index (χ3v) is 3.51. The van der Waals surface area contributed by atoms with Crippen LogP contribution in [0.5, 0.6) is 0 Å². The fourth-order valence-corrected chi connectivity index (χ4v) is 2.29. The molecular weight excluding hydrogens is 206 g/mol. The van der Waals surface area contributed by atoms with E-state index in [-0.39, 0.29) is 5.91 Å². The molecule has 0 spiro atoms. The van der Waals surface area contributed by atoms with Crippen molar-refractivity contribution >= 4 is 22.7 Å². The lowest BCUT2D eigenvalue weighted by Gasteiger charge is -2.27. The number of carboxylic acids is 1. The maximum atomic E-state index is 11.5. The molecule has 1 amide bonds. The van der Waals surface area contributed by atoms with Gasteiger partial charge in [0.05, 0.1) is 0 Å². The van der Waals surface area contributed by atoms with E-state index in [2.05, 4.69) is 0 Å². The van der Waals surface area contributed by atoms with Crippen molar-refractivity contribution in [1.82, 2.24) is 4.90 Å². The van der Waals surface area contributed by atoms with Crippen molar-refractivity contribution in [1.29, 1.82) is 0 Å². The molecule has 1 unspecified atom stereocenters. The van der Waals surface area contributed by atoms with Crippen molar-refractivity contribution in [3.8, 4) is 0 Å². The highest BCUT2D eigenvalue weighted by atomic mass is 32.2.